The molecule has 2 saturated heterocycles. The van der Waals surface area contributed by atoms with Crippen LogP contribution < -0.4 is 0 Å². The molecule has 0 bridgehead atoms. The zero-order chi connectivity index (χ0) is 25.5. The Morgan fingerprint density at radius 2 is 1.64 bits per heavy atom. The topological polar surface area (TPSA) is 6.48 Å². The Labute approximate surface area is 222 Å². The second kappa shape index (κ2) is 12.9. The van der Waals surface area contributed by atoms with Crippen LogP contribution in [0.15, 0.2) is 30.3 Å². The SMILES string of the molecule is CCCCCCC(C)(C)C(CN1CCC(N2CCCCC2)CC1)c1ccc2cc(CC)cc(C)c2c1. The summed E-state index contributed by atoms with van der Waals surface area (Å²) in [5.74, 6) is 0.584. The fraction of sp³-hybridized carbons (Fsp3) is 0.706. The van der Waals surface area contributed by atoms with Crippen LogP contribution >= 0.6 is 0 Å². The van der Waals surface area contributed by atoms with Crippen molar-refractivity contribution in [3.8, 4) is 0 Å². The molecule has 2 aromatic carbocycles. The summed E-state index contributed by atoms with van der Waals surface area (Å²) in [5.41, 5.74) is 4.77. The molecule has 0 radical (unpaired) electrons. The first-order valence-corrected chi connectivity index (χ1v) is 15.4. The number of rotatable bonds is 11. The zero-order valence-electron chi connectivity index (χ0n) is 24.2. The number of nitrogens with zero attached hydrogens (tertiary/aromatic N) is 2. The van der Waals surface area contributed by atoms with Gasteiger partial charge < -0.3 is 9.80 Å². The molecular formula is C34H54N2. The molecule has 0 N–H and O–H groups in total. The van der Waals surface area contributed by atoms with Crippen molar-refractivity contribution in [1.82, 2.24) is 9.80 Å². The summed E-state index contributed by atoms with van der Waals surface area (Å²) < 4.78 is 0. The minimum atomic E-state index is 0.308. The molecule has 2 nitrogen and oxygen atoms in total. The van der Waals surface area contributed by atoms with Crippen molar-refractivity contribution in [2.45, 2.75) is 117 Å². The van der Waals surface area contributed by atoms with E-state index in [1.165, 1.54) is 119 Å². The minimum absolute atomic E-state index is 0.308. The molecule has 2 aromatic rings. The molecule has 0 amide bonds. The largest absolute Gasteiger partial charge is 0.303 e. The summed E-state index contributed by atoms with van der Waals surface area (Å²) in [7, 11) is 0. The standard InChI is InChI=1S/C34H54N2/c1-6-8-9-11-18-34(4,5)33(26-35-21-16-31(17-22-35)36-19-12-10-13-20-36)30-15-14-29-24-28(7-2)23-27(3)32(29)25-30/h14-15,23-25,31,33H,6-13,16-22,26H2,1-5H3. The first-order valence-electron chi connectivity index (χ1n) is 15.4. The Bertz CT molecular complexity index is 947. The maximum Gasteiger partial charge on any atom is 0.0120 e. The highest BCUT2D eigenvalue weighted by Crippen LogP contribution is 2.42. The van der Waals surface area contributed by atoms with Gasteiger partial charge in [0.25, 0.3) is 0 Å². The van der Waals surface area contributed by atoms with Gasteiger partial charge in [0.15, 0.2) is 0 Å². The van der Waals surface area contributed by atoms with E-state index in [9.17, 15) is 0 Å². The summed E-state index contributed by atoms with van der Waals surface area (Å²) in [6, 6.07) is 13.1. The maximum atomic E-state index is 2.82. The lowest BCUT2D eigenvalue weighted by molar-refractivity contribution is 0.0794. The number of piperidine rings is 2. The van der Waals surface area contributed by atoms with Gasteiger partial charge in [-0.3, -0.25) is 0 Å². The fourth-order valence-electron chi connectivity index (χ4n) is 7.05. The van der Waals surface area contributed by atoms with Crippen LogP contribution in [0.3, 0.4) is 0 Å². The van der Waals surface area contributed by atoms with E-state index in [1.807, 2.05) is 0 Å². The van der Waals surface area contributed by atoms with Gasteiger partial charge >= 0.3 is 0 Å². The Morgan fingerprint density at radius 1 is 0.889 bits per heavy atom. The molecule has 200 valence electrons. The summed E-state index contributed by atoms with van der Waals surface area (Å²) in [5, 5.41) is 2.87. The van der Waals surface area contributed by atoms with Gasteiger partial charge in [-0.1, -0.05) is 90.1 Å². The quantitative estimate of drug-likeness (QED) is 0.290. The molecule has 0 aromatic heterocycles. The van der Waals surface area contributed by atoms with Crippen molar-refractivity contribution in [2.24, 2.45) is 5.41 Å². The van der Waals surface area contributed by atoms with Gasteiger partial charge in [0, 0.05) is 18.5 Å². The molecule has 1 unspecified atom stereocenters. The molecule has 36 heavy (non-hydrogen) atoms. The van der Waals surface area contributed by atoms with E-state index in [0.717, 1.165) is 12.5 Å². The molecule has 2 heteroatoms. The number of benzene rings is 2. The number of unbranched alkanes of at least 4 members (excludes halogenated alkanes) is 3. The Kier molecular flexibility index (Phi) is 9.92. The average Bonchev–Trinajstić information content (AvgIpc) is 2.90. The molecule has 2 heterocycles. The van der Waals surface area contributed by atoms with Crippen LogP contribution in [0.4, 0.5) is 0 Å². The number of fused-ring (bicyclic) bond motifs is 1. The van der Waals surface area contributed by atoms with Gasteiger partial charge in [-0.05, 0) is 105 Å². The highest BCUT2D eigenvalue weighted by molar-refractivity contribution is 5.87. The van der Waals surface area contributed by atoms with Gasteiger partial charge in [0.05, 0.1) is 0 Å². The van der Waals surface area contributed by atoms with Crippen molar-refractivity contribution in [3.63, 3.8) is 0 Å². The molecule has 2 aliphatic rings. The maximum absolute atomic E-state index is 2.82. The van der Waals surface area contributed by atoms with Crippen molar-refractivity contribution in [1.29, 1.82) is 0 Å². The van der Waals surface area contributed by atoms with Crippen molar-refractivity contribution < 1.29 is 0 Å². The van der Waals surface area contributed by atoms with Crippen LogP contribution in [0.25, 0.3) is 10.8 Å². The minimum Gasteiger partial charge on any atom is -0.303 e. The van der Waals surface area contributed by atoms with E-state index in [0.29, 0.717) is 11.3 Å². The molecular weight excluding hydrogens is 436 g/mol. The summed E-state index contributed by atoms with van der Waals surface area (Å²) in [4.78, 5) is 5.63. The van der Waals surface area contributed by atoms with Crippen molar-refractivity contribution >= 4 is 10.8 Å². The Hall–Kier alpha value is -1.38. The van der Waals surface area contributed by atoms with Crippen LogP contribution in [-0.2, 0) is 6.42 Å². The van der Waals surface area contributed by atoms with Crippen LogP contribution in [0.5, 0.6) is 0 Å². The van der Waals surface area contributed by atoms with Crippen LogP contribution in [0, 0.1) is 12.3 Å². The van der Waals surface area contributed by atoms with Gasteiger partial charge in [-0.2, -0.15) is 0 Å². The number of hydrogen-bond donors (Lipinski definition) is 0. The molecule has 4 rings (SSSR count). The molecule has 2 aliphatic heterocycles. The van der Waals surface area contributed by atoms with Crippen LogP contribution in [0.2, 0.25) is 0 Å². The summed E-state index contributed by atoms with van der Waals surface area (Å²) in [6.07, 6.45) is 14.9. The normalized spacial score (nSPS) is 19.7. The van der Waals surface area contributed by atoms with E-state index >= 15 is 0 Å². The third kappa shape index (κ3) is 6.93. The third-order valence-electron chi connectivity index (χ3n) is 9.58. The van der Waals surface area contributed by atoms with E-state index in [2.05, 4.69) is 74.8 Å². The predicted octanol–water partition coefficient (Wildman–Crippen LogP) is 8.74. The van der Waals surface area contributed by atoms with E-state index in [1.54, 1.807) is 5.56 Å². The van der Waals surface area contributed by atoms with Gasteiger partial charge in [0.2, 0.25) is 0 Å². The van der Waals surface area contributed by atoms with Gasteiger partial charge in [-0.25, -0.2) is 0 Å². The lowest BCUT2D eigenvalue weighted by atomic mass is 9.71. The van der Waals surface area contributed by atoms with Crippen LogP contribution in [0.1, 0.15) is 115 Å². The molecule has 1 atom stereocenters. The van der Waals surface area contributed by atoms with Gasteiger partial charge in [0.1, 0.15) is 0 Å². The van der Waals surface area contributed by atoms with E-state index in [4.69, 9.17) is 0 Å². The summed E-state index contributed by atoms with van der Waals surface area (Å²) >= 11 is 0. The third-order valence-corrected chi connectivity index (χ3v) is 9.58. The molecule has 0 spiro atoms. The number of aryl methyl sites for hydroxylation is 2. The van der Waals surface area contributed by atoms with E-state index < -0.39 is 0 Å². The molecule has 0 aliphatic carbocycles. The fourth-order valence-corrected chi connectivity index (χ4v) is 7.05. The predicted molar refractivity (Wildman–Crippen MR) is 158 cm³/mol. The Balaban J connectivity index is 1.52. The molecule has 2 fully saturated rings. The first kappa shape index (κ1) is 27.6. The molecule has 0 saturated carbocycles. The van der Waals surface area contributed by atoms with E-state index in [-0.39, 0.29) is 0 Å². The average molecular weight is 491 g/mol. The van der Waals surface area contributed by atoms with Crippen molar-refractivity contribution in [3.05, 3.63) is 47.0 Å². The number of hydrogen-bond acceptors (Lipinski definition) is 2. The first-order chi connectivity index (χ1) is 17.4. The second-order valence-corrected chi connectivity index (χ2v) is 12.7. The second-order valence-electron chi connectivity index (χ2n) is 12.7. The Morgan fingerprint density at radius 3 is 2.33 bits per heavy atom. The highest BCUT2D eigenvalue weighted by atomic mass is 15.2. The lowest BCUT2D eigenvalue weighted by Crippen LogP contribution is -2.48. The van der Waals surface area contributed by atoms with Gasteiger partial charge in [-0.15, -0.1) is 0 Å². The lowest BCUT2D eigenvalue weighted by Gasteiger charge is -2.43. The highest BCUT2D eigenvalue weighted by Gasteiger charge is 2.34. The van der Waals surface area contributed by atoms with Crippen LogP contribution in [-0.4, -0.2) is 48.6 Å². The number of likely N-dealkylation sites (tertiary alicyclic amines) is 2. The summed E-state index contributed by atoms with van der Waals surface area (Å²) in [6.45, 7) is 18.5. The smallest absolute Gasteiger partial charge is 0.0120 e. The monoisotopic (exact) mass is 490 g/mol. The van der Waals surface area contributed by atoms with Crippen molar-refractivity contribution in [2.75, 3.05) is 32.7 Å². The zero-order valence-corrected chi connectivity index (χ0v) is 24.2.